The fourth-order valence-electron chi connectivity index (χ4n) is 0.279. The van der Waals surface area contributed by atoms with Gasteiger partial charge in [0.05, 0.1) is 0 Å². The van der Waals surface area contributed by atoms with Crippen LogP contribution in [0.4, 0.5) is 8.78 Å². The Bertz CT molecular complexity index is 67.6. The van der Waals surface area contributed by atoms with Gasteiger partial charge in [0.1, 0.15) is 0 Å². The Balaban J connectivity index is 2.45. The standard InChI is InChI=1S/C4H4F2/c5-3-1-2-4(3)6/h1-4H. The van der Waals surface area contributed by atoms with E-state index in [9.17, 15) is 8.78 Å². The van der Waals surface area contributed by atoms with E-state index < -0.39 is 12.3 Å². The molecule has 0 aromatic heterocycles. The lowest BCUT2D eigenvalue weighted by molar-refractivity contribution is 0.220. The van der Waals surface area contributed by atoms with Crippen LogP contribution < -0.4 is 0 Å². The Labute approximate surface area is 34.5 Å². The molecule has 0 nitrogen and oxygen atoms in total. The van der Waals surface area contributed by atoms with Gasteiger partial charge in [-0.1, -0.05) is 0 Å². The number of allylic oxidation sites excluding steroid dienone is 2. The highest BCUT2D eigenvalue weighted by Crippen LogP contribution is 2.15. The third-order valence-electron chi connectivity index (χ3n) is 0.783. The first kappa shape index (κ1) is 3.78. The van der Waals surface area contributed by atoms with Gasteiger partial charge in [0, 0.05) is 0 Å². The molecule has 2 heteroatoms. The number of halogens is 2. The molecule has 0 saturated carbocycles. The van der Waals surface area contributed by atoms with Gasteiger partial charge in [-0.25, -0.2) is 8.78 Å². The first-order valence-corrected chi connectivity index (χ1v) is 1.77. The van der Waals surface area contributed by atoms with Gasteiger partial charge in [-0.15, -0.1) is 0 Å². The van der Waals surface area contributed by atoms with Gasteiger partial charge in [-0.3, -0.25) is 0 Å². The van der Waals surface area contributed by atoms with Crippen LogP contribution in [0.5, 0.6) is 0 Å². The minimum Gasteiger partial charge on any atom is -0.239 e. The summed E-state index contributed by atoms with van der Waals surface area (Å²) in [7, 11) is 0. The zero-order valence-corrected chi connectivity index (χ0v) is 3.07. The number of alkyl halides is 2. The highest BCUT2D eigenvalue weighted by atomic mass is 19.2. The minimum absolute atomic E-state index is 1.20. The second kappa shape index (κ2) is 1.03. The van der Waals surface area contributed by atoms with Crippen molar-refractivity contribution in [3.8, 4) is 0 Å². The van der Waals surface area contributed by atoms with E-state index in [1.807, 2.05) is 0 Å². The van der Waals surface area contributed by atoms with E-state index in [0.717, 1.165) is 0 Å². The molecule has 0 fully saturated rings. The summed E-state index contributed by atoms with van der Waals surface area (Å²) in [6, 6.07) is 0. The van der Waals surface area contributed by atoms with Crippen LogP contribution in [-0.4, -0.2) is 12.3 Å². The van der Waals surface area contributed by atoms with E-state index in [4.69, 9.17) is 0 Å². The normalized spacial score (nSPS) is 42.3. The molecule has 0 aromatic carbocycles. The molecular formula is C4H4F2. The van der Waals surface area contributed by atoms with Gasteiger partial charge in [0.2, 0.25) is 0 Å². The summed E-state index contributed by atoms with van der Waals surface area (Å²) in [5.41, 5.74) is 0. The fourth-order valence-corrected chi connectivity index (χ4v) is 0.279. The monoisotopic (exact) mass is 90.0 g/mol. The van der Waals surface area contributed by atoms with E-state index in [0.29, 0.717) is 0 Å². The molecule has 0 amide bonds. The summed E-state index contributed by atoms with van der Waals surface area (Å²) < 4.78 is 22.9. The van der Waals surface area contributed by atoms with E-state index in [1.54, 1.807) is 0 Å². The Morgan fingerprint density at radius 2 is 1.33 bits per heavy atom. The molecule has 34 valence electrons. The van der Waals surface area contributed by atoms with Crippen molar-refractivity contribution in [1.82, 2.24) is 0 Å². The molecule has 6 heavy (non-hydrogen) atoms. The maximum atomic E-state index is 11.4. The van der Waals surface area contributed by atoms with Gasteiger partial charge in [0.25, 0.3) is 0 Å². The molecule has 0 spiro atoms. The summed E-state index contributed by atoms with van der Waals surface area (Å²) in [6.45, 7) is 0. The van der Waals surface area contributed by atoms with Crippen LogP contribution >= 0.6 is 0 Å². The van der Waals surface area contributed by atoms with Crippen molar-refractivity contribution < 1.29 is 8.78 Å². The van der Waals surface area contributed by atoms with Crippen LogP contribution in [0, 0.1) is 0 Å². The molecule has 0 saturated heterocycles. The molecule has 0 aliphatic heterocycles. The molecule has 0 N–H and O–H groups in total. The van der Waals surface area contributed by atoms with Crippen molar-refractivity contribution in [2.45, 2.75) is 12.3 Å². The third-order valence-corrected chi connectivity index (χ3v) is 0.783. The van der Waals surface area contributed by atoms with Gasteiger partial charge >= 0.3 is 0 Å². The molecule has 0 radical (unpaired) electrons. The highest BCUT2D eigenvalue weighted by Gasteiger charge is 2.21. The molecule has 0 bridgehead atoms. The van der Waals surface area contributed by atoms with Crippen molar-refractivity contribution in [2.24, 2.45) is 0 Å². The highest BCUT2D eigenvalue weighted by molar-refractivity contribution is 5.11. The van der Waals surface area contributed by atoms with Crippen LogP contribution in [0.25, 0.3) is 0 Å². The average Bonchev–Trinajstić information content (AvgIpc) is 1.61. The van der Waals surface area contributed by atoms with Crippen molar-refractivity contribution in [3.05, 3.63) is 12.2 Å². The molecule has 0 aromatic rings. The van der Waals surface area contributed by atoms with Crippen LogP contribution in [0.3, 0.4) is 0 Å². The van der Waals surface area contributed by atoms with Crippen LogP contribution in [-0.2, 0) is 0 Å². The largest absolute Gasteiger partial charge is 0.239 e. The summed E-state index contributed by atoms with van der Waals surface area (Å²) >= 11 is 0. The lowest BCUT2D eigenvalue weighted by Gasteiger charge is -2.11. The van der Waals surface area contributed by atoms with Gasteiger partial charge in [-0.05, 0) is 12.2 Å². The van der Waals surface area contributed by atoms with Crippen molar-refractivity contribution in [3.63, 3.8) is 0 Å². The van der Waals surface area contributed by atoms with E-state index >= 15 is 0 Å². The molecule has 1 aliphatic rings. The fraction of sp³-hybridized carbons (Fsp3) is 0.500. The zero-order chi connectivity index (χ0) is 4.57. The maximum absolute atomic E-state index is 11.4. The Morgan fingerprint density at radius 3 is 1.33 bits per heavy atom. The van der Waals surface area contributed by atoms with Crippen LogP contribution in [0.15, 0.2) is 12.2 Å². The topological polar surface area (TPSA) is 0 Å². The van der Waals surface area contributed by atoms with Gasteiger partial charge in [0.15, 0.2) is 12.3 Å². The minimum atomic E-state index is -1.31. The van der Waals surface area contributed by atoms with Gasteiger partial charge in [-0.2, -0.15) is 0 Å². The number of rotatable bonds is 0. The second-order valence-electron chi connectivity index (χ2n) is 1.27. The van der Waals surface area contributed by atoms with E-state index in [-0.39, 0.29) is 0 Å². The van der Waals surface area contributed by atoms with Crippen molar-refractivity contribution >= 4 is 0 Å². The second-order valence-corrected chi connectivity index (χ2v) is 1.27. The maximum Gasteiger partial charge on any atom is 0.153 e. The van der Waals surface area contributed by atoms with Gasteiger partial charge < -0.3 is 0 Å². The summed E-state index contributed by atoms with van der Waals surface area (Å²) in [4.78, 5) is 0. The summed E-state index contributed by atoms with van der Waals surface area (Å²) in [5, 5.41) is 0. The van der Waals surface area contributed by atoms with E-state index in [1.165, 1.54) is 12.2 Å². The molecule has 1 rings (SSSR count). The predicted octanol–water partition coefficient (Wildman–Crippen LogP) is 1.23. The Hall–Kier alpha value is -0.400. The molecule has 2 unspecified atom stereocenters. The first-order chi connectivity index (χ1) is 2.80. The van der Waals surface area contributed by atoms with Crippen LogP contribution in [0.2, 0.25) is 0 Å². The smallest absolute Gasteiger partial charge is 0.153 e. The molecule has 2 atom stereocenters. The number of hydrogen-bond acceptors (Lipinski definition) is 0. The van der Waals surface area contributed by atoms with Crippen LogP contribution in [0.1, 0.15) is 0 Å². The molecule has 0 heterocycles. The predicted molar refractivity (Wildman–Crippen MR) is 18.9 cm³/mol. The lowest BCUT2D eigenvalue weighted by Crippen LogP contribution is -2.19. The zero-order valence-electron chi connectivity index (χ0n) is 3.07. The number of hydrogen-bond donors (Lipinski definition) is 0. The Morgan fingerprint density at radius 1 is 1.00 bits per heavy atom. The van der Waals surface area contributed by atoms with E-state index in [2.05, 4.69) is 0 Å². The SMILES string of the molecule is FC1C=CC1F. The first-order valence-electron chi connectivity index (χ1n) is 1.77. The lowest BCUT2D eigenvalue weighted by atomic mass is 10.1. The summed E-state index contributed by atoms with van der Waals surface area (Å²) in [5.74, 6) is 0. The van der Waals surface area contributed by atoms with Crippen molar-refractivity contribution in [1.29, 1.82) is 0 Å². The Kier molecular flexibility index (Phi) is 0.650. The molecule has 1 aliphatic carbocycles. The van der Waals surface area contributed by atoms with Crippen molar-refractivity contribution in [2.75, 3.05) is 0 Å². The average molecular weight is 90.1 g/mol. The molecular weight excluding hydrogens is 86.0 g/mol. The third kappa shape index (κ3) is 0.329. The quantitative estimate of drug-likeness (QED) is 0.392. The summed E-state index contributed by atoms with van der Waals surface area (Å²) in [6.07, 6.45) is -0.231.